The van der Waals surface area contributed by atoms with Crippen molar-refractivity contribution >= 4 is 41.0 Å². The second-order valence-corrected chi connectivity index (χ2v) is 5.97. The minimum Gasteiger partial charge on any atom is -0.419 e. The Labute approximate surface area is 131 Å². The molecule has 0 aliphatic carbocycles. The third-order valence-electron chi connectivity index (χ3n) is 2.62. The van der Waals surface area contributed by atoms with Gasteiger partial charge in [-0.15, -0.1) is 11.8 Å². The van der Waals surface area contributed by atoms with Gasteiger partial charge in [0.15, 0.2) is 5.57 Å². The van der Waals surface area contributed by atoms with E-state index in [0.717, 1.165) is 0 Å². The SMILES string of the molecule is CSC(Nc1ccc(Cl)cc1)=C1C(=O)OC(C)(C)OC1=O. The number of hydrogen-bond acceptors (Lipinski definition) is 6. The van der Waals surface area contributed by atoms with Crippen molar-refractivity contribution in [2.75, 3.05) is 11.6 Å². The molecule has 1 aliphatic heterocycles. The van der Waals surface area contributed by atoms with Crippen LogP contribution in [0.2, 0.25) is 5.02 Å². The Balaban J connectivity index is 2.32. The molecule has 0 bridgehead atoms. The quantitative estimate of drug-likeness (QED) is 0.522. The van der Waals surface area contributed by atoms with E-state index in [9.17, 15) is 9.59 Å². The summed E-state index contributed by atoms with van der Waals surface area (Å²) >= 11 is 7.03. The van der Waals surface area contributed by atoms with Crippen LogP contribution in [0.1, 0.15) is 13.8 Å². The van der Waals surface area contributed by atoms with Crippen LogP contribution in [0.5, 0.6) is 0 Å². The molecule has 0 unspecified atom stereocenters. The van der Waals surface area contributed by atoms with Crippen LogP contribution in [0.4, 0.5) is 5.69 Å². The molecule has 1 aliphatic rings. The summed E-state index contributed by atoms with van der Waals surface area (Å²) in [4.78, 5) is 24.0. The molecule has 7 heteroatoms. The van der Waals surface area contributed by atoms with Crippen molar-refractivity contribution in [3.8, 4) is 0 Å². The first kappa shape index (κ1) is 15.7. The first-order valence-electron chi connectivity index (χ1n) is 6.10. The summed E-state index contributed by atoms with van der Waals surface area (Å²) in [5, 5.41) is 3.95. The molecule has 1 heterocycles. The fourth-order valence-corrected chi connectivity index (χ4v) is 2.43. The van der Waals surface area contributed by atoms with E-state index in [1.54, 1.807) is 30.5 Å². The van der Waals surface area contributed by atoms with Crippen LogP contribution in [0.25, 0.3) is 0 Å². The van der Waals surface area contributed by atoms with Crippen molar-refractivity contribution < 1.29 is 19.1 Å². The summed E-state index contributed by atoms with van der Waals surface area (Å²) in [6.45, 7) is 3.01. The van der Waals surface area contributed by atoms with Gasteiger partial charge in [0.2, 0.25) is 0 Å². The minimum atomic E-state index is -1.25. The van der Waals surface area contributed by atoms with Crippen LogP contribution >= 0.6 is 23.4 Å². The average molecular weight is 328 g/mol. The Hall–Kier alpha value is -1.66. The molecule has 0 aromatic heterocycles. The highest BCUT2D eigenvalue weighted by molar-refractivity contribution is 8.02. The maximum atomic E-state index is 12.0. The zero-order valence-corrected chi connectivity index (χ0v) is 13.3. The van der Waals surface area contributed by atoms with Gasteiger partial charge in [-0.3, -0.25) is 0 Å². The van der Waals surface area contributed by atoms with E-state index < -0.39 is 17.7 Å². The fourth-order valence-electron chi connectivity index (χ4n) is 1.72. The molecule has 2 rings (SSSR count). The van der Waals surface area contributed by atoms with Gasteiger partial charge in [-0.05, 0) is 30.5 Å². The van der Waals surface area contributed by atoms with Crippen molar-refractivity contribution in [1.29, 1.82) is 0 Å². The van der Waals surface area contributed by atoms with Crippen LogP contribution in [0, 0.1) is 0 Å². The summed E-state index contributed by atoms with van der Waals surface area (Å²) in [7, 11) is 0. The molecule has 0 atom stereocenters. The zero-order valence-electron chi connectivity index (χ0n) is 11.7. The summed E-state index contributed by atoms with van der Waals surface area (Å²) in [6, 6.07) is 6.88. The van der Waals surface area contributed by atoms with E-state index in [2.05, 4.69) is 5.32 Å². The van der Waals surface area contributed by atoms with E-state index in [1.165, 1.54) is 25.6 Å². The van der Waals surface area contributed by atoms with Crippen molar-refractivity contribution in [3.05, 3.63) is 39.9 Å². The minimum absolute atomic E-state index is 0.142. The number of thioether (sulfide) groups is 1. The van der Waals surface area contributed by atoms with Gasteiger partial charge in [-0.25, -0.2) is 9.59 Å². The van der Waals surface area contributed by atoms with Crippen LogP contribution < -0.4 is 5.32 Å². The molecule has 1 saturated heterocycles. The number of benzene rings is 1. The number of ether oxygens (including phenoxy) is 2. The third kappa shape index (κ3) is 3.71. The maximum absolute atomic E-state index is 12.0. The van der Waals surface area contributed by atoms with Crippen molar-refractivity contribution in [2.24, 2.45) is 0 Å². The Kier molecular flexibility index (Phi) is 4.49. The number of carbonyl (C=O) groups excluding carboxylic acids is 2. The number of carbonyl (C=O) groups is 2. The molecule has 5 nitrogen and oxygen atoms in total. The van der Waals surface area contributed by atoms with Crippen molar-refractivity contribution in [2.45, 2.75) is 19.6 Å². The average Bonchev–Trinajstić information content (AvgIpc) is 2.37. The van der Waals surface area contributed by atoms with E-state index in [1.807, 2.05) is 0 Å². The van der Waals surface area contributed by atoms with Gasteiger partial charge in [0.25, 0.3) is 5.79 Å². The van der Waals surface area contributed by atoms with Crippen molar-refractivity contribution in [3.63, 3.8) is 0 Å². The van der Waals surface area contributed by atoms with Gasteiger partial charge < -0.3 is 14.8 Å². The highest BCUT2D eigenvalue weighted by atomic mass is 35.5. The number of cyclic esters (lactones) is 2. The maximum Gasteiger partial charge on any atom is 0.351 e. The van der Waals surface area contributed by atoms with Gasteiger partial charge in [0.05, 0.1) is 5.03 Å². The Morgan fingerprint density at radius 2 is 1.67 bits per heavy atom. The number of nitrogens with one attached hydrogen (secondary N) is 1. The largest absolute Gasteiger partial charge is 0.419 e. The van der Waals surface area contributed by atoms with E-state index in [0.29, 0.717) is 15.7 Å². The summed E-state index contributed by atoms with van der Waals surface area (Å²) in [5.41, 5.74) is 0.554. The molecule has 0 radical (unpaired) electrons. The molecular weight excluding hydrogens is 314 g/mol. The first-order valence-corrected chi connectivity index (χ1v) is 7.70. The first-order chi connectivity index (χ1) is 9.82. The van der Waals surface area contributed by atoms with E-state index >= 15 is 0 Å². The van der Waals surface area contributed by atoms with Crippen molar-refractivity contribution in [1.82, 2.24) is 0 Å². The molecule has 0 spiro atoms. The number of halogens is 1. The molecule has 0 saturated carbocycles. The topological polar surface area (TPSA) is 64.6 Å². The van der Waals surface area contributed by atoms with Crippen LogP contribution in [-0.4, -0.2) is 24.0 Å². The molecule has 1 N–H and O–H groups in total. The van der Waals surface area contributed by atoms with Crippen LogP contribution in [0.3, 0.4) is 0 Å². The molecular formula is C14H14ClNO4S. The van der Waals surface area contributed by atoms with Gasteiger partial charge in [0.1, 0.15) is 0 Å². The van der Waals surface area contributed by atoms with Crippen LogP contribution in [-0.2, 0) is 19.1 Å². The Morgan fingerprint density at radius 3 is 2.14 bits per heavy atom. The summed E-state index contributed by atoms with van der Waals surface area (Å²) < 4.78 is 10.2. The third-order valence-corrected chi connectivity index (χ3v) is 3.58. The zero-order chi connectivity index (χ0) is 15.6. The lowest BCUT2D eigenvalue weighted by atomic mass is 10.2. The summed E-state index contributed by atoms with van der Waals surface area (Å²) in [6.07, 6.45) is 1.74. The lowest BCUT2D eigenvalue weighted by Gasteiger charge is -2.30. The number of hydrogen-bond donors (Lipinski definition) is 1. The monoisotopic (exact) mass is 327 g/mol. The second kappa shape index (κ2) is 5.99. The molecule has 21 heavy (non-hydrogen) atoms. The molecule has 1 aromatic carbocycles. The summed E-state index contributed by atoms with van der Waals surface area (Å²) in [5.74, 6) is -2.66. The fraction of sp³-hybridized carbons (Fsp3) is 0.286. The Bertz CT molecular complexity index is 588. The molecule has 1 aromatic rings. The number of esters is 2. The second-order valence-electron chi connectivity index (χ2n) is 4.72. The van der Waals surface area contributed by atoms with E-state index in [4.69, 9.17) is 21.1 Å². The highest BCUT2D eigenvalue weighted by Gasteiger charge is 2.41. The van der Waals surface area contributed by atoms with Gasteiger partial charge in [0, 0.05) is 24.6 Å². The smallest absolute Gasteiger partial charge is 0.351 e. The lowest BCUT2D eigenvalue weighted by Crippen LogP contribution is -2.42. The Morgan fingerprint density at radius 1 is 1.14 bits per heavy atom. The number of rotatable bonds is 3. The lowest BCUT2D eigenvalue weighted by molar-refractivity contribution is -0.222. The molecule has 0 amide bonds. The normalized spacial score (nSPS) is 17.0. The van der Waals surface area contributed by atoms with Gasteiger partial charge >= 0.3 is 11.9 Å². The van der Waals surface area contributed by atoms with Gasteiger partial charge in [-0.2, -0.15) is 0 Å². The highest BCUT2D eigenvalue weighted by Crippen LogP contribution is 2.29. The molecule has 1 fully saturated rings. The molecule has 112 valence electrons. The predicted octanol–water partition coefficient (Wildman–Crippen LogP) is 3.16. The van der Waals surface area contributed by atoms with E-state index in [-0.39, 0.29) is 5.57 Å². The predicted molar refractivity (Wildman–Crippen MR) is 81.9 cm³/mol. The standard InChI is InChI=1S/C14H14ClNO4S/c1-14(2)19-12(17)10(13(18)20-14)11(21-3)16-9-6-4-8(15)5-7-9/h4-7,16H,1-3H3. The van der Waals surface area contributed by atoms with Gasteiger partial charge in [-0.1, -0.05) is 11.6 Å². The van der Waals surface area contributed by atoms with Crippen LogP contribution in [0.15, 0.2) is 34.9 Å². The number of anilines is 1.